The Kier molecular flexibility index (Phi) is 7.45. The van der Waals surface area contributed by atoms with Crippen molar-refractivity contribution in [3.05, 3.63) is 59.5 Å². The number of hydrogen-bond donors (Lipinski definition) is 0. The topological polar surface area (TPSA) is 107 Å². The molecule has 2 aromatic heterocycles. The summed E-state index contributed by atoms with van der Waals surface area (Å²) < 4.78 is 30.9. The molecular weight excluding hydrogens is 508 g/mol. The van der Waals surface area contributed by atoms with Gasteiger partial charge in [-0.15, -0.1) is 10.2 Å². The molecule has 11 heteroatoms. The molecule has 0 amide bonds. The Balaban J connectivity index is 1.15. The molecule has 0 spiro atoms. The zero-order valence-electron chi connectivity index (χ0n) is 21.2. The van der Waals surface area contributed by atoms with Gasteiger partial charge in [-0.25, -0.2) is 8.42 Å². The average Bonchev–Trinajstić information content (AvgIpc) is 3.41. The smallest absolute Gasteiger partial charge is 0.223 e. The highest BCUT2D eigenvalue weighted by Gasteiger charge is 2.17. The lowest BCUT2D eigenvalue weighted by atomic mass is 10.0. The van der Waals surface area contributed by atoms with E-state index >= 15 is 0 Å². The molecule has 37 heavy (non-hydrogen) atoms. The number of benzene rings is 2. The van der Waals surface area contributed by atoms with Crippen molar-refractivity contribution in [1.82, 2.24) is 29.8 Å². The van der Waals surface area contributed by atoms with E-state index in [2.05, 4.69) is 25.2 Å². The first kappa shape index (κ1) is 25.6. The molecule has 0 radical (unpaired) electrons. The summed E-state index contributed by atoms with van der Waals surface area (Å²) in [6, 6.07) is 13.5. The van der Waals surface area contributed by atoms with Gasteiger partial charge in [0, 0.05) is 50.2 Å². The van der Waals surface area contributed by atoms with Crippen molar-refractivity contribution in [3.63, 3.8) is 0 Å². The molecule has 3 heterocycles. The number of thioether (sulfide) groups is 1. The van der Waals surface area contributed by atoms with Crippen molar-refractivity contribution in [2.75, 3.05) is 31.6 Å². The molecule has 9 nitrogen and oxygen atoms in total. The van der Waals surface area contributed by atoms with E-state index in [0.29, 0.717) is 16.6 Å². The van der Waals surface area contributed by atoms with Gasteiger partial charge in [0.1, 0.15) is 0 Å². The SMILES string of the molecule is Cc1nc(-c2cccc(-c3nnc(SCCCN4CCc5ccc(S(C)(=O)=O)cc5CC4)n3C)c2)no1. The minimum Gasteiger partial charge on any atom is -0.339 e. The Labute approximate surface area is 221 Å². The van der Waals surface area contributed by atoms with Crippen molar-refractivity contribution in [2.24, 2.45) is 7.05 Å². The molecule has 0 bridgehead atoms. The number of rotatable bonds is 8. The summed E-state index contributed by atoms with van der Waals surface area (Å²) in [5.41, 5.74) is 4.24. The van der Waals surface area contributed by atoms with Crippen LogP contribution in [-0.4, -0.2) is 69.9 Å². The molecule has 1 aliphatic heterocycles. The molecule has 0 atom stereocenters. The molecule has 2 aromatic carbocycles. The summed E-state index contributed by atoms with van der Waals surface area (Å²) in [6.07, 6.45) is 4.12. The number of fused-ring (bicyclic) bond motifs is 1. The summed E-state index contributed by atoms with van der Waals surface area (Å²) in [5, 5.41) is 13.7. The van der Waals surface area contributed by atoms with Crippen molar-refractivity contribution < 1.29 is 12.9 Å². The summed E-state index contributed by atoms with van der Waals surface area (Å²) in [6.45, 7) is 4.70. The Morgan fingerprint density at radius 3 is 2.57 bits per heavy atom. The highest BCUT2D eigenvalue weighted by Crippen LogP contribution is 2.27. The molecule has 0 fully saturated rings. The van der Waals surface area contributed by atoms with Crippen molar-refractivity contribution >= 4 is 21.6 Å². The minimum absolute atomic E-state index is 0.413. The molecule has 0 saturated carbocycles. The van der Waals surface area contributed by atoms with Crippen LogP contribution in [0.3, 0.4) is 0 Å². The van der Waals surface area contributed by atoms with Crippen LogP contribution in [0.2, 0.25) is 0 Å². The van der Waals surface area contributed by atoms with Crippen LogP contribution in [0.4, 0.5) is 0 Å². The van der Waals surface area contributed by atoms with Crippen molar-refractivity contribution in [1.29, 1.82) is 0 Å². The molecule has 4 aromatic rings. The Bertz CT molecular complexity index is 1510. The van der Waals surface area contributed by atoms with E-state index in [0.717, 1.165) is 72.3 Å². The highest BCUT2D eigenvalue weighted by molar-refractivity contribution is 7.99. The first-order valence-electron chi connectivity index (χ1n) is 12.3. The molecule has 1 aliphatic rings. The van der Waals surface area contributed by atoms with Gasteiger partial charge in [-0.2, -0.15) is 4.98 Å². The van der Waals surface area contributed by atoms with Crippen LogP contribution in [0.25, 0.3) is 22.8 Å². The summed E-state index contributed by atoms with van der Waals surface area (Å²) >= 11 is 1.71. The second-order valence-corrected chi connectivity index (χ2v) is 12.4. The lowest BCUT2D eigenvalue weighted by Crippen LogP contribution is -2.27. The van der Waals surface area contributed by atoms with Gasteiger partial charge in [0.25, 0.3) is 0 Å². The number of sulfone groups is 1. The number of aromatic nitrogens is 5. The molecule has 194 valence electrons. The van der Waals surface area contributed by atoms with Gasteiger partial charge in [0.15, 0.2) is 20.8 Å². The lowest BCUT2D eigenvalue weighted by molar-refractivity contribution is 0.289. The molecule has 0 saturated heterocycles. The van der Waals surface area contributed by atoms with Gasteiger partial charge in [-0.05, 0) is 55.1 Å². The molecule has 0 aliphatic carbocycles. The van der Waals surface area contributed by atoms with E-state index in [1.807, 2.05) is 48.0 Å². The zero-order valence-corrected chi connectivity index (χ0v) is 22.8. The summed E-state index contributed by atoms with van der Waals surface area (Å²) in [4.78, 5) is 7.19. The van der Waals surface area contributed by atoms with E-state index < -0.39 is 9.84 Å². The molecule has 5 rings (SSSR count). The van der Waals surface area contributed by atoms with Gasteiger partial charge in [0.05, 0.1) is 4.90 Å². The third-order valence-corrected chi connectivity index (χ3v) is 8.81. The normalized spacial score (nSPS) is 14.5. The third-order valence-electron chi connectivity index (χ3n) is 6.59. The van der Waals surface area contributed by atoms with Crippen LogP contribution in [0, 0.1) is 6.92 Å². The minimum atomic E-state index is -3.18. The van der Waals surface area contributed by atoms with Crippen molar-refractivity contribution in [2.45, 2.75) is 36.2 Å². The van der Waals surface area contributed by atoms with E-state index in [9.17, 15) is 8.42 Å². The second-order valence-electron chi connectivity index (χ2n) is 9.33. The summed E-state index contributed by atoms with van der Waals surface area (Å²) in [5.74, 6) is 2.82. The molecule has 0 N–H and O–H groups in total. The van der Waals surface area contributed by atoms with Crippen LogP contribution in [0.1, 0.15) is 23.4 Å². The van der Waals surface area contributed by atoms with Gasteiger partial charge >= 0.3 is 0 Å². The summed E-state index contributed by atoms with van der Waals surface area (Å²) in [7, 11) is -1.19. The Morgan fingerprint density at radius 2 is 1.81 bits per heavy atom. The zero-order chi connectivity index (χ0) is 26.0. The second kappa shape index (κ2) is 10.8. The third kappa shape index (κ3) is 5.94. The van der Waals surface area contributed by atoms with Gasteiger partial charge in [-0.1, -0.05) is 41.2 Å². The van der Waals surface area contributed by atoms with Crippen LogP contribution >= 0.6 is 11.8 Å². The van der Waals surface area contributed by atoms with Gasteiger partial charge in [0.2, 0.25) is 11.7 Å². The van der Waals surface area contributed by atoms with Crippen LogP contribution in [0.15, 0.2) is 57.0 Å². The van der Waals surface area contributed by atoms with Gasteiger partial charge in [-0.3, -0.25) is 0 Å². The fourth-order valence-corrected chi connectivity index (χ4v) is 6.07. The maximum atomic E-state index is 11.9. The first-order valence-corrected chi connectivity index (χ1v) is 15.1. The number of hydrogen-bond acceptors (Lipinski definition) is 9. The van der Waals surface area contributed by atoms with Crippen molar-refractivity contribution in [3.8, 4) is 22.8 Å². The fraction of sp³-hybridized carbons (Fsp3) is 0.385. The van der Waals surface area contributed by atoms with E-state index in [1.54, 1.807) is 24.8 Å². The van der Waals surface area contributed by atoms with Gasteiger partial charge < -0.3 is 14.0 Å². The van der Waals surface area contributed by atoms with Crippen LogP contribution < -0.4 is 0 Å². The van der Waals surface area contributed by atoms with Crippen LogP contribution in [0.5, 0.6) is 0 Å². The maximum Gasteiger partial charge on any atom is 0.223 e. The van der Waals surface area contributed by atoms with E-state index in [1.165, 1.54) is 11.8 Å². The monoisotopic (exact) mass is 538 g/mol. The Hall–Kier alpha value is -3.02. The number of nitrogens with zero attached hydrogens (tertiary/aromatic N) is 6. The molecule has 0 unspecified atom stereocenters. The van der Waals surface area contributed by atoms with E-state index in [4.69, 9.17) is 4.52 Å². The highest BCUT2D eigenvalue weighted by atomic mass is 32.2. The predicted octanol–water partition coefficient (Wildman–Crippen LogP) is 3.83. The quantitative estimate of drug-likeness (QED) is 0.244. The van der Waals surface area contributed by atoms with Crippen LogP contribution in [-0.2, 0) is 29.7 Å². The largest absolute Gasteiger partial charge is 0.339 e. The Morgan fingerprint density at radius 1 is 1.03 bits per heavy atom. The number of aryl methyl sites for hydroxylation is 1. The molecular formula is C26H30N6O3S2. The lowest BCUT2D eigenvalue weighted by Gasteiger charge is -2.19. The average molecular weight is 539 g/mol. The standard InChI is InChI=1S/C26H30N6O3S2/c1-18-27-24(30-35-18)21-6-4-7-22(16-21)25-28-29-26(31(25)2)36-15-5-12-32-13-10-19-8-9-23(37(3,33)34)17-20(19)11-14-32/h4,6-9,16-17H,5,10-15H2,1-3H3. The maximum absolute atomic E-state index is 11.9. The predicted molar refractivity (Wildman–Crippen MR) is 143 cm³/mol. The fourth-order valence-electron chi connectivity index (χ4n) is 4.56. The first-order chi connectivity index (χ1) is 17.8. The van der Waals surface area contributed by atoms with E-state index in [-0.39, 0.29) is 0 Å².